The summed E-state index contributed by atoms with van der Waals surface area (Å²) in [5.74, 6) is 1.04. The summed E-state index contributed by atoms with van der Waals surface area (Å²) in [6.45, 7) is 2.06. The normalized spacial score (nSPS) is 9.95. The molecule has 0 aliphatic carbocycles. The minimum atomic E-state index is 0.387. The molecule has 96 valence electrons. The Balaban J connectivity index is 2.29. The average Bonchev–Trinajstić information content (AvgIpc) is 2.42. The molecule has 0 bridgehead atoms. The molecule has 2 aromatic rings. The molecule has 0 aliphatic heterocycles. The molecule has 2 aromatic carbocycles. The largest absolute Gasteiger partial charge is 0.454 e. The number of rotatable bonds is 3. The summed E-state index contributed by atoms with van der Waals surface area (Å²) in [5.41, 5.74) is 8.14. The van der Waals surface area contributed by atoms with Gasteiger partial charge in [-0.2, -0.15) is 5.26 Å². The van der Waals surface area contributed by atoms with Crippen LogP contribution in [-0.2, 0) is 6.42 Å². The molecule has 0 radical (unpaired) electrons. The van der Waals surface area contributed by atoms with Gasteiger partial charge in [-0.3, -0.25) is 0 Å². The van der Waals surface area contributed by atoms with Crippen molar-refractivity contribution in [1.82, 2.24) is 0 Å². The van der Waals surface area contributed by atoms with E-state index in [2.05, 4.69) is 6.92 Å². The van der Waals surface area contributed by atoms with Crippen molar-refractivity contribution >= 4 is 17.3 Å². The van der Waals surface area contributed by atoms with Crippen molar-refractivity contribution in [3.8, 4) is 17.6 Å². The van der Waals surface area contributed by atoms with Crippen LogP contribution in [0.2, 0.25) is 5.02 Å². The van der Waals surface area contributed by atoms with Gasteiger partial charge in [0.1, 0.15) is 11.5 Å². The number of nitrogens with zero attached hydrogens (tertiary/aromatic N) is 1. The zero-order valence-electron chi connectivity index (χ0n) is 10.5. The van der Waals surface area contributed by atoms with Crippen molar-refractivity contribution in [1.29, 1.82) is 5.26 Å². The smallest absolute Gasteiger partial charge is 0.150 e. The van der Waals surface area contributed by atoms with E-state index >= 15 is 0 Å². The molecule has 0 amide bonds. The van der Waals surface area contributed by atoms with E-state index in [9.17, 15) is 0 Å². The monoisotopic (exact) mass is 272 g/mol. The van der Waals surface area contributed by atoms with Gasteiger partial charge >= 0.3 is 0 Å². The van der Waals surface area contributed by atoms with E-state index in [0.717, 1.165) is 12.0 Å². The summed E-state index contributed by atoms with van der Waals surface area (Å²) in [6.07, 6.45) is 0.919. The Labute approximate surface area is 117 Å². The van der Waals surface area contributed by atoms with Crippen molar-refractivity contribution < 1.29 is 4.74 Å². The Hall–Kier alpha value is -2.18. The van der Waals surface area contributed by atoms with E-state index in [1.54, 1.807) is 18.2 Å². The van der Waals surface area contributed by atoms with E-state index in [1.165, 1.54) is 0 Å². The van der Waals surface area contributed by atoms with Crippen LogP contribution in [0.4, 0.5) is 5.69 Å². The summed E-state index contributed by atoms with van der Waals surface area (Å²) >= 11 is 6.05. The van der Waals surface area contributed by atoms with Gasteiger partial charge in [-0.15, -0.1) is 0 Å². The lowest BCUT2D eigenvalue weighted by atomic mass is 10.1. The lowest BCUT2D eigenvalue weighted by Crippen LogP contribution is -1.94. The molecule has 2 N–H and O–H groups in total. The molecule has 0 spiro atoms. The number of nitrogen functional groups attached to an aromatic ring is 1. The lowest BCUT2D eigenvalue weighted by molar-refractivity contribution is 0.485. The summed E-state index contributed by atoms with van der Waals surface area (Å²) in [6, 6.07) is 12.6. The van der Waals surface area contributed by atoms with Crippen LogP contribution in [0.3, 0.4) is 0 Å². The molecule has 0 atom stereocenters. The Bertz CT molecular complexity index is 647. The van der Waals surface area contributed by atoms with Crippen LogP contribution in [0.25, 0.3) is 0 Å². The van der Waals surface area contributed by atoms with Gasteiger partial charge in [0.15, 0.2) is 0 Å². The average molecular weight is 273 g/mol. The topological polar surface area (TPSA) is 59.0 Å². The van der Waals surface area contributed by atoms with Gasteiger partial charge in [0.25, 0.3) is 0 Å². The highest BCUT2D eigenvalue weighted by Gasteiger charge is 2.07. The number of halogens is 1. The lowest BCUT2D eigenvalue weighted by Gasteiger charge is -2.11. The van der Waals surface area contributed by atoms with Gasteiger partial charge in [0.2, 0.25) is 0 Å². The molecule has 0 heterocycles. The van der Waals surface area contributed by atoms with Crippen LogP contribution in [0.15, 0.2) is 36.4 Å². The van der Waals surface area contributed by atoms with Gasteiger partial charge in [-0.25, -0.2) is 0 Å². The van der Waals surface area contributed by atoms with Crippen molar-refractivity contribution in [2.45, 2.75) is 13.3 Å². The molecule has 0 aliphatic rings. The zero-order chi connectivity index (χ0) is 13.8. The molecule has 19 heavy (non-hydrogen) atoms. The van der Waals surface area contributed by atoms with E-state index in [0.29, 0.717) is 27.8 Å². The third-order valence-electron chi connectivity index (χ3n) is 2.76. The Morgan fingerprint density at radius 2 is 1.95 bits per heavy atom. The SMILES string of the molecule is CCc1ccc(Oc2ccc(C#N)cc2Cl)c(N)c1. The molecular weight excluding hydrogens is 260 g/mol. The number of nitrogens with two attached hydrogens (primary N) is 1. The van der Waals surface area contributed by atoms with Crippen LogP contribution < -0.4 is 10.5 Å². The molecule has 0 unspecified atom stereocenters. The first kappa shape index (κ1) is 13.3. The van der Waals surface area contributed by atoms with E-state index in [4.69, 9.17) is 27.3 Å². The molecule has 0 saturated heterocycles. The number of aryl methyl sites for hydroxylation is 1. The molecule has 4 heteroatoms. The Morgan fingerprint density at radius 3 is 2.53 bits per heavy atom. The van der Waals surface area contributed by atoms with Gasteiger partial charge in [-0.1, -0.05) is 24.6 Å². The van der Waals surface area contributed by atoms with Crippen molar-refractivity contribution in [3.63, 3.8) is 0 Å². The Kier molecular flexibility index (Phi) is 3.94. The van der Waals surface area contributed by atoms with Crippen molar-refractivity contribution in [2.75, 3.05) is 5.73 Å². The van der Waals surface area contributed by atoms with Gasteiger partial charge in [0.05, 0.1) is 22.3 Å². The second kappa shape index (κ2) is 5.64. The van der Waals surface area contributed by atoms with E-state index in [1.807, 2.05) is 24.3 Å². The zero-order valence-corrected chi connectivity index (χ0v) is 11.2. The van der Waals surface area contributed by atoms with Crippen molar-refractivity contribution in [2.24, 2.45) is 0 Å². The number of nitriles is 1. The fourth-order valence-corrected chi connectivity index (χ4v) is 1.90. The number of hydrogen-bond acceptors (Lipinski definition) is 3. The number of hydrogen-bond donors (Lipinski definition) is 1. The van der Waals surface area contributed by atoms with Gasteiger partial charge in [0, 0.05) is 0 Å². The maximum Gasteiger partial charge on any atom is 0.150 e. The number of ether oxygens (including phenoxy) is 1. The fraction of sp³-hybridized carbons (Fsp3) is 0.133. The van der Waals surface area contributed by atoms with Crippen molar-refractivity contribution in [3.05, 3.63) is 52.5 Å². The number of benzene rings is 2. The molecular formula is C15H13ClN2O. The third-order valence-corrected chi connectivity index (χ3v) is 3.06. The highest BCUT2D eigenvalue weighted by atomic mass is 35.5. The standard InChI is InChI=1S/C15H13ClN2O/c1-2-10-3-6-15(13(18)8-10)19-14-5-4-11(9-17)7-12(14)16/h3-8H,2,18H2,1H3. The summed E-state index contributed by atoms with van der Waals surface area (Å²) in [4.78, 5) is 0. The van der Waals surface area contributed by atoms with E-state index in [-0.39, 0.29) is 0 Å². The minimum absolute atomic E-state index is 0.387. The van der Waals surface area contributed by atoms with Crippen LogP contribution in [0.1, 0.15) is 18.1 Å². The predicted molar refractivity (Wildman–Crippen MR) is 76.5 cm³/mol. The summed E-state index contributed by atoms with van der Waals surface area (Å²) in [7, 11) is 0. The van der Waals surface area contributed by atoms with Gasteiger partial charge in [-0.05, 0) is 42.3 Å². The molecule has 3 nitrogen and oxygen atoms in total. The highest BCUT2D eigenvalue weighted by molar-refractivity contribution is 6.32. The second-order valence-corrected chi connectivity index (χ2v) is 4.49. The quantitative estimate of drug-likeness (QED) is 0.854. The van der Waals surface area contributed by atoms with Crippen LogP contribution in [0, 0.1) is 11.3 Å². The molecule has 2 rings (SSSR count). The summed E-state index contributed by atoms with van der Waals surface area (Å²) < 4.78 is 5.67. The molecule has 0 fully saturated rings. The molecule has 0 aromatic heterocycles. The van der Waals surface area contributed by atoms with Crippen LogP contribution in [-0.4, -0.2) is 0 Å². The van der Waals surface area contributed by atoms with Gasteiger partial charge < -0.3 is 10.5 Å². The van der Waals surface area contributed by atoms with Crippen LogP contribution in [0.5, 0.6) is 11.5 Å². The summed E-state index contributed by atoms with van der Waals surface area (Å²) in [5, 5.41) is 9.16. The first-order valence-corrected chi connectivity index (χ1v) is 6.27. The number of anilines is 1. The molecule has 0 saturated carbocycles. The minimum Gasteiger partial charge on any atom is -0.454 e. The second-order valence-electron chi connectivity index (χ2n) is 4.08. The maximum absolute atomic E-state index is 8.77. The first-order chi connectivity index (χ1) is 9.13. The predicted octanol–water partition coefficient (Wildman–Crippen LogP) is 4.15. The fourth-order valence-electron chi connectivity index (χ4n) is 1.68. The van der Waals surface area contributed by atoms with Crippen LogP contribution >= 0.6 is 11.6 Å². The van der Waals surface area contributed by atoms with E-state index < -0.39 is 0 Å². The Morgan fingerprint density at radius 1 is 1.21 bits per heavy atom. The maximum atomic E-state index is 8.77. The third kappa shape index (κ3) is 2.98. The highest BCUT2D eigenvalue weighted by Crippen LogP contribution is 2.33. The first-order valence-electron chi connectivity index (χ1n) is 5.90.